The lowest BCUT2D eigenvalue weighted by Gasteiger charge is -2.31. The standard InChI is InChI=1S/C30H28NO3PS.C2H6/c1-36(2,29-15-16-30(25(17-29)18-31)24-7-3-22(19-32)4-8-24)21-34-27-11-9-26(10-12-27)33-20-23-5-13-28(35)14-6-23;1-2/h3-17,19H,20-21,35H2,1-2H3;1-2H3. The van der Waals surface area contributed by atoms with Gasteiger partial charge in [0.1, 0.15) is 30.3 Å². The summed E-state index contributed by atoms with van der Waals surface area (Å²) in [4.78, 5) is 12.0. The van der Waals surface area contributed by atoms with Crippen LogP contribution in [0.4, 0.5) is 0 Å². The molecule has 0 bridgehead atoms. The largest absolute Gasteiger partial charge is 0.489 e. The van der Waals surface area contributed by atoms with E-state index in [-0.39, 0.29) is 0 Å². The molecule has 0 aromatic heterocycles. The first-order valence-corrected chi connectivity index (χ1v) is 15.6. The molecule has 0 saturated carbocycles. The van der Waals surface area contributed by atoms with Crippen LogP contribution in [0.15, 0.2) is 95.9 Å². The van der Waals surface area contributed by atoms with Crippen molar-refractivity contribution in [3.05, 3.63) is 108 Å². The van der Waals surface area contributed by atoms with Gasteiger partial charge in [-0.05, 0) is 75.8 Å². The molecule has 0 aliphatic rings. The topological polar surface area (TPSA) is 59.3 Å². The van der Waals surface area contributed by atoms with Gasteiger partial charge in [-0.25, -0.2) is 0 Å². The molecule has 0 N–H and O–H groups in total. The monoisotopic (exact) mass is 543 g/mol. The fraction of sp³-hybridized carbons (Fsp3) is 0.188. The summed E-state index contributed by atoms with van der Waals surface area (Å²) in [5.74, 6) is 2.11. The second-order valence-electron chi connectivity index (χ2n) is 8.86. The molecule has 4 aromatic carbocycles. The number of aldehydes is 1. The zero-order valence-electron chi connectivity index (χ0n) is 22.3. The number of carbonyl (C=O) groups excluding carboxylic acids is 1. The van der Waals surface area contributed by atoms with Gasteiger partial charge < -0.3 is 9.47 Å². The van der Waals surface area contributed by atoms with Gasteiger partial charge in [0.25, 0.3) is 0 Å². The van der Waals surface area contributed by atoms with Crippen LogP contribution >= 0.6 is 19.3 Å². The number of hydrogen-bond acceptors (Lipinski definition) is 4. The second kappa shape index (κ2) is 13.8. The molecule has 4 nitrogen and oxygen atoms in total. The minimum Gasteiger partial charge on any atom is -0.489 e. The number of ether oxygens (including phenoxy) is 2. The lowest BCUT2D eigenvalue weighted by atomic mass is 9.99. The molecule has 0 heterocycles. The molecule has 0 spiro atoms. The molecule has 0 saturated heterocycles. The quantitative estimate of drug-likeness (QED) is 0.161. The number of benzene rings is 4. The van der Waals surface area contributed by atoms with Gasteiger partial charge in [0.15, 0.2) is 0 Å². The molecule has 0 radical (unpaired) electrons. The van der Waals surface area contributed by atoms with E-state index in [1.807, 2.05) is 74.5 Å². The highest BCUT2D eigenvalue weighted by Gasteiger charge is 2.18. The molecule has 0 fully saturated rings. The summed E-state index contributed by atoms with van der Waals surface area (Å²) in [7, 11) is 1.37. The summed E-state index contributed by atoms with van der Waals surface area (Å²) in [5, 5.41) is 10.9. The van der Waals surface area contributed by atoms with E-state index < -0.39 is 10.0 Å². The zero-order chi connectivity index (χ0) is 27.5. The van der Waals surface area contributed by atoms with Crippen molar-refractivity contribution in [3.8, 4) is 28.7 Å². The first-order valence-electron chi connectivity index (χ1n) is 12.4. The van der Waals surface area contributed by atoms with Crippen molar-refractivity contribution in [2.24, 2.45) is 0 Å². The van der Waals surface area contributed by atoms with Crippen LogP contribution in [0, 0.1) is 11.3 Å². The van der Waals surface area contributed by atoms with Gasteiger partial charge in [-0.3, -0.25) is 4.79 Å². The van der Waals surface area contributed by atoms with E-state index in [2.05, 4.69) is 46.0 Å². The molecule has 38 heavy (non-hydrogen) atoms. The molecule has 4 rings (SSSR count). The predicted octanol–water partition coefficient (Wildman–Crippen LogP) is 7.60. The molecule has 0 aliphatic carbocycles. The van der Waals surface area contributed by atoms with Crippen molar-refractivity contribution >= 4 is 30.9 Å². The average molecular weight is 544 g/mol. The zero-order valence-corrected chi connectivity index (χ0v) is 24.3. The fourth-order valence-electron chi connectivity index (χ4n) is 3.65. The molecular formula is C32H34NO3PS. The number of rotatable bonds is 9. The third-order valence-corrected chi connectivity index (χ3v) is 8.46. The van der Waals surface area contributed by atoms with Crippen LogP contribution in [0.3, 0.4) is 0 Å². The highest BCUT2D eigenvalue weighted by atomic mass is 32.3. The maximum atomic E-state index is 10.9. The van der Waals surface area contributed by atoms with Crippen molar-refractivity contribution in [1.29, 1.82) is 5.26 Å². The molecule has 0 amide bonds. The third-order valence-electron chi connectivity index (χ3n) is 5.84. The number of nitriles is 1. The van der Waals surface area contributed by atoms with Crippen molar-refractivity contribution in [1.82, 2.24) is 0 Å². The molecule has 196 valence electrons. The van der Waals surface area contributed by atoms with Crippen LogP contribution < -0.4 is 14.8 Å². The highest BCUT2D eigenvalue weighted by molar-refractivity contribution is 8.32. The Kier molecular flexibility index (Phi) is 10.5. The minimum absolute atomic E-state index is 0.515. The van der Waals surface area contributed by atoms with Crippen molar-refractivity contribution < 1.29 is 14.3 Å². The first kappa shape index (κ1) is 29.0. The number of carbonyl (C=O) groups is 1. The Hall–Kier alpha value is -3.58. The lowest BCUT2D eigenvalue weighted by molar-refractivity contribution is 0.112. The Morgan fingerprint density at radius 2 is 1.45 bits per heavy atom. The van der Waals surface area contributed by atoms with Crippen molar-refractivity contribution in [3.63, 3.8) is 0 Å². The summed E-state index contributed by atoms with van der Waals surface area (Å²) in [5.41, 5.74) is 4.11. The van der Waals surface area contributed by atoms with Crippen LogP contribution in [-0.4, -0.2) is 24.7 Å². The van der Waals surface area contributed by atoms with Crippen LogP contribution in [0.1, 0.15) is 35.3 Å². The third kappa shape index (κ3) is 7.71. The van der Waals surface area contributed by atoms with Gasteiger partial charge in [-0.1, -0.05) is 68.4 Å². The summed E-state index contributed by atoms with van der Waals surface area (Å²) in [6.07, 6.45) is 5.18. The lowest BCUT2D eigenvalue weighted by Crippen LogP contribution is -2.09. The highest BCUT2D eigenvalue weighted by Crippen LogP contribution is 2.50. The van der Waals surface area contributed by atoms with Crippen molar-refractivity contribution in [2.75, 3.05) is 18.5 Å². The Morgan fingerprint density at radius 1 is 0.842 bits per heavy atom. The van der Waals surface area contributed by atoms with Crippen LogP contribution in [-0.2, 0) is 6.61 Å². The molecule has 0 aliphatic heterocycles. The Labute approximate surface area is 230 Å². The van der Waals surface area contributed by atoms with E-state index in [0.29, 0.717) is 23.7 Å². The van der Waals surface area contributed by atoms with Crippen LogP contribution in [0.2, 0.25) is 0 Å². The summed E-state index contributed by atoms with van der Waals surface area (Å²) in [6, 6.07) is 31.5. The summed E-state index contributed by atoms with van der Waals surface area (Å²) >= 11 is 0. The number of nitrogens with zero attached hydrogens (tertiary/aromatic N) is 1. The van der Waals surface area contributed by atoms with E-state index in [9.17, 15) is 10.1 Å². The molecular weight excluding hydrogens is 509 g/mol. The Bertz CT molecular complexity index is 1380. The summed E-state index contributed by atoms with van der Waals surface area (Å²) < 4.78 is 12.0. The van der Waals surface area contributed by atoms with E-state index in [4.69, 9.17) is 9.47 Å². The molecule has 4 aromatic rings. The van der Waals surface area contributed by atoms with E-state index in [0.717, 1.165) is 44.7 Å². The first-order chi connectivity index (χ1) is 18.4. The summed E-state index contributed by atoms with van der Waals surface area (Å²) in [6.45, 7) is 4.51. The van der Waals surface area contributed by atoms with E-state index >= 15 is 0 Å². The molecule has 1 unspecified atom stereocenters. The van der Waals surface area contributed by atoms with Crippen LogP contribution in [0.25, 0.3) is 11.1 Å². The Balaban J connectivity index is 0.00000195. The molecule has 1 atom stereocenters. The van der Waals surface area contributed by atoms with Gasteiger partial charge in [-0.2, -0.15) is 15.3 Å². The second-order valence-corrected chi connectivity index (χ2v) is 13.3. The van der Waals surface area contributed by atoms with Gasteiger partial charge in [0, 0.05) is 5.56 Å². The average Bonchev–Trinajstić information content (AvgIpc) is 2.97. The number of hydrogen-bond donors (Lipinski definition) is 0. The van der Waals surface area contributed by atoms with Gasteiger partial charge in [-0.15, -0.1) is 9.24 Å². The van der Waals surface area contributed by atoms with E-state index in [1.54, 1.807) is 12.1 Å². The van der Waals surface area contributed by atoms with Gasteiger partial charge in [0.05, 0.1) is 11.6 Å². The Morgan fingerprint density at radius 3 is 2.03 bits per heavy atom. The normalized spacial score (nSPS) is 10.9. The van der Waals surface area contributed by atoms with E-state index in [1.165, 1.54) is 0 Å². The maximum absolute atomic E-state index is 10.9. The van der Waals surface area contributed by atoms with Gasteiger partial charge in [0.2, 0.25) is 0 Å². The maximum Gasteiger partial charge on any atom is 0.150 e. The smallest absolute Gasteiger partial charge is 0.150 e. The van der Waals surface area contributed by atoms with Gasteiger partial charge >= 0.3 is 0 Å². The molecule has 6 heteroatoms. The predicted molar refractivity (Wildman–Crippen MR) is 163 cm³/mol. The SMILES string of the molecule is CC.CS(C)(COc1ccc(OCc2ccc(P)cc2)cc1)c1ccc(-c2ccc(C=O)cc2)c(C#N)c1. The van der Waals surface area contributed by atoms with Crippen molar-refractivity contribution in [2.45, 2.75) is 25.3 Å². The fourth-order valence-corrected chi connectivity index (χ4v) is 5.28. The minimum atomic E-state index is -1.31. The van der Waals surface area contributed by atoms with Crippen LogP contribution in [0.5, 0.6) is 11.5 Å².